The van der Waals surface area contributed by atoms with Crippen molar-refractivity contribution in [3.8, 4) is 6.07 Å². The van der Waals surface area contributed by atoms with E-state index in [1.54, 1.807) is 6.07 Å². The molecule has 4 nitrogen and oxygen atoms in total. The lowest BCUT2D eigenvalue weighted by atomic mass is 10.2. The van der Waals surface area contributed by atoms with E-state index in [0.717, 1.165) is 5.56 Å². The van der Waals surface area contributed by atoms with Gasteiger partial charge in [-0.05, 0) is 6.07 Å². The number of aromatic nitrogens is 1. The Morgan fingerprint density at radius 3 is 3.07 bits per heavy atom. The number of halogens is 1. The van der Waals surface area contributed by atoms with Crippen molar-refractivity contribution in [3.05, 3.63) is 28.5 Å². The molecule has 0 aliphatic carbocycles. The number of nitriles is 1. The van der Waals surface area contributed by atoms with Crippen LogP contribution in [0.3, 0.4) is 0 Å². The van der Waals surface area contributed by atoms with Crippen molar-refractivity contribution in [3.63, 3.8) is 0 Å². The molecule has 0 spiro atoms. The van der Waals surface area contributed by atoms with Gasteiger partial charge in [-0.15, -0.1) is 0 Å². The summed E-state index contributed by atoms with van der Waals surface area (Å²) in [5.41, 5.74) is 0.945. The van der Waals surface area contributed by atoms with Crippen LogP contribution in [0, 0.1) is 11.3 Å². The van der Waals surface area contributed by atoms with Crippen molar-refractivity contribution < 1.29 is 9.47 Å². The summed E-state index contributed by atoms with van der Waals surface area (Å²) >= 11 is 5.88. The molecule has 0 saturated heterocycles. The molecule has 0 aliphatic rings. The highest BCUT2D eigenvalue weighted by molar-refractivity contribution is 6.32. The normalized spacial score (nSPS) is 9.79. The van der Waals surface area contributed by atoms with Gasteiger partial charge < -0.3 is 9.47 Å². The summed E-state index contributed by atoms with van der Waals surface area (Å²) in [5, 5.41) is 8.99. The Balaban J connectivity index is 2.73. The molecule has 0 radical (unpaired) electrons. The molecule has 5 heteroatoms. The fourth-order valence-electron chi connectivity index (χ4n) is 0.908. The fourth-order valence-corrected chi connectivity index (χ4v) is 1.12. The Kier molecular flexibility index (Phi) is 4.33. The van der Waals surface area contributed by atoms with E-state index in [9.17, 15) is 0 Å². The third-order valence-corrected chi connectivity index (χ3v) is 1.96. The van der Waals surface area contributed by atoms with Crippen LogP contribution in [0.25, 0.3) is 0 Å². The maximum Gasteiger partial charge on any atom is 0.159 e. The number of nitrogens with zero attached hydrogens (tertiary/aromatic N) is 2. The number of pyridine rings is 1. The zero-order valence-electron chi connectivity index (χ0n) is 7.66. The highest BCUT2D eigenvalue weighted by Crippen LogP contribution is 2.18. The van der Waals surface area contributed by atoms with E-state index in [1.165, 1.54) is 13.3 Å². The summed E-state index contributed by atoms with van der Waals surface area (Å²) in [4.78, 5) is 3.81. The molecular weight excluding hydrogens is 204 g/mol. The molecule has 1 heterocycles. The molecular formula is C9H9ClN2O2. The smallest absolute Gasteiger partial charge is 0.159 e. The van der Waals surface area contributed by atoms with Crippen molar-refractivity contribution in [2.45, 2.75) is 6.61 Å². The molecule has 74 valence electrons. The maximum atomic E-state index is 8.65. The zero-order valence-corrected chi connectivity index (χ0v) is 8.41. The van der Waals surface area contributed by atoms with Crippen molar-refractivity contribution >= 4 is 11.6 Å². The minimum Gasteiger partial charge on any atom is -0.359 e. The van der Waals surface area contributed by atoms with E-state index in [1.807, 2.05) is 6.07 Å². The first-order chi connectivity index (χ1) is 6.79. The second kappa shape index (κ2) is 5.55. The predicted molar refractivity (Wildman–Crippen MR) is 50.6 cm³/mol. The number of hydrogen-bond donors (Lipinski definition) is 0. The molecule has 0 amide bonds. The van der Waals surface area contributed by atoms with Gasteiger partial charge in [-0.3, -0.25) is 0 Å². The first kappa shape index (κ1) is 10.9. The van der Waals surface area contributed by atoms with Gasteiger partial charge in [0, 0.05) is 18.9 Å². The van der Waals surface area contributed by atoms with Crippen molar-refractivity contribution in [1.29, 1.82) is 5.26 Å². The third-order valence-electron chi connectivity index (χ3n) is 1.53. The van der Waals surface area contributed by atoms with Crippen LogP contribution in [-0.4, -0.2) is 18.9 Å². The van der Waals surface area contributed by atoms with Crippen LogP contribution in [0.1, 0.15) is 11.3 Å². The van der Waals surface area contributed by atoms with Crippen molar-refractivity contribution in [2.75, 3.05) is 13.9 Å². The Hall–Kier alpha value is -1.15. The van der Waals surface area contributed by atoms with Crippen LogP contribution in [0.4, 0.5) is 0 Å². The van der Waals surface area contributed by atoms with Gasteiger partial charge in [0.1, 0.15) is 12.9 Å². The van der Waals surface area contributed by atoms with Gasteiger partial charge in [-0.25, -0.2) is 4.98 Å². The van der Waals surface area contributed by atoms with Gasteiger partial charge >= 0.3 is 0 Å². The Morgan fingerprint density at radius 2 is 2.43 bits per heavy atom. The molecule has 0 unspecified atom stereocenters. The maximum absolute atomic E-state index is 8.65. The first-order valence-corrected chi connectivity index (χ1v) is 4.27. The molecule has 1 aromatic rings. The molecule has 0 atom stereocenters. The van der Waals surface area contributed by atoms with Crippen LogP contribution in [0.5, 0.6) is 0 Å². The van der Waals surface area contributed by atoms with E-state index in [2.05, 4.69) is 4.98 Å². The fraction of sp³-hybridized carbons (Fsp3) is 0.333. The van der Waals surface area contributed by atoms with Crippen LogP contribution in [0.15, 0.2) is 12.3 Å². The largest absolute Gasteiger partial charge is 0.359 e. The summed E-state index contributed by atoms with van der Waals surface area (Å²) in [6.45, 7) is 0.504. The Morgan fingerprint density at radius 1 is 1.64 bits per heavy atom. The van der Waals surface area contributed by atoms with Gasteiger partial charge in [0.15, 0.2) is 5.69 Å². The van der Waals surface area contributed by atoms with Gasteiger partial charge in [0.2, 0.25) is 0 Å². The average molecular weight is 213 g/mol. The molecule has 0 N–H and O–H groups in total. The van der Waals surface area contributed by atoms with Crippen molar-refractivity contribution in [1.82, 2.24) is 4.98 Å². The van der Waals surface area contributed by atoms with Crippen LogP contribution in [0.2, 0.25) is 5.02 Å². The molecule has 0 aromatic carbocycles. The lowest BCUT2D eigenvalue weighted by Gasteiger charge is -2.05. The summed E-state index contributed by atoms with van der Waals surface area (Å²) in [5.74, 6) is 0. The lowest BCUT2D eigenvalue weighted by molar-refractivity contribution is -0.0390. The highest BCUT2D eigenvalue weighted by Gasteiger charge is 2.06. The minimum absolute atomic E-state index is 0.195. The zero-order chi connectivity index (χ0) is 10.4. The Bertz CT molecular complexity index is 349. The van der Waals surface area contributed by atoms with Crippen LogP contribution >= 0.6 is 11.6 Å². The lowest BCUT2D eigenvalue weighted by Crippen LogP contribution is -1.99. The topological polar surface area (TPSA) is 55.1 Å². The van der Waals surface area contributed by atoms with E-state index < -0.39 is 0 Å². The molecule has 0 fully saturated rings. The predicted octanol–water partition coefficient (Wildman–Crippen LogP) is 1.73. The SMILES string of the molecule is COCOCc1ccnc(C#N)c1Cl. The highest BCUT2D eigenvalue weighted by atomic mass is 35.5. The minimum atomic E-state index is 0.195. The average Bonchev–Trinajstić information content (AvgIpc) is 2.21. The van der Waals surface area contributed by atoms with E-state index >= 15 is 0 Å². The summed E-state index contributed by atoms with van der Waals surface area (Å²) in [6, 6.07) is 3.60. The van der Waals surface area contributed by atoms with Crippen LogP contribution in [-0.2, 0) is 16.1 Å². The standard InChI is InChI=1S/C9H9ClN2O2/c1-13-6-14-5-7-2-3-12-8(4-11)9(7)10/h2-3H,5-6H2,1H3. The van der Waals surface area contributed by atoms with Gasteiger partial charge in [0.05, 0.1) is 11.6 Å². The molecule has 1 aromatic heterocycles. The molecule has 1 rings (SSSR count). The van der Waals surface area contributed by atoms with Gasteiger partial charge in [-0.2, -0.15) is 5.26 Å². The first-order valence-electron chi connectivity index (χ1n) is 3.89. The van der Waals surface area contributed by atoms with E-state index in [0.29, 0.717) is 11.6 Å². The Labute approximate surface area is 87.0 Å². The molecule has 0 saturated carbocycles. The summed E-state index contributed by atoms with van der Waals surface area (Å²) < 4.78 is 9.82. The number of methoxy groups -OCH3 is 1. The van der Waals surface area contributed by atoms with Gasteiger partial charge in [0.25, 0.3) is 0 Å². The van der Waals surface area contributed by atoms with E-state index in [-0.39, 0.29) is 12.5 Å². The second-order valence-corrected chi connectivity index (χ2v) is 2.88. The summed E-state index contributed by atoms with van der Waals surface area (Å²) in [6.07, 6.45) is 1.52. The quantitative estimate of drug-likeness (QED) is 0.563. The third kappa shape index (κ3) is 2.67. The molecule has 0 aliphatic heterocycles. The molecule has 0 bridgehead atoms. The second-order valence-electron chi connectivity index (χ2n) is 2.50. The van der Waals surface area contributed by atoms with Crippen LogP contribution < -0.4 is 0 Å². The van der Waals surface area contributed by atoms with Crippen molar-refractivity contribution in [2.24, 2.45) is 0 Å². The summed E-state index contributed by atoms with van der Waals surface area (Å²) in [7, 11) is 1.54. The number of rotatable bonds is 4. The number of ether oxygens (including phenoxy) is 2. The molecule has 14 heavy (non-hydrogen) atoms. The monoisotopic (exact) mass is 212 g/mol. The van der Waals surface area contributed by atoms with E-state index in [4.69, 9.17) is 26.3 Å². The van der Waals surface area contributed by atoms with Gasteiger partial charge in [-0.1, -0.05) is 11.6 Å². The number of hydrogen-bond acceptors (Lipinski definition) is 4.